The Bertz CT molecular complexity index is 1120. The molecule has 5 rings (SSSR count). The van der Waals surface area contributed by atoms with E-state index in [0.29, 0.717) is 11.7 Å². The zero-order valence-electron chi connectivity index (χ0n) is 20.6. The minimum atomic E-state index is 0.441. The molecule has 0 radical (unpaired) electrons. The van der Waals surface area contributed by atoms with Crippen molar-refractivity contribution >= 4 is 5.78 Å². The lowest BCUT2D eigenvalue weighted by molar-refractivity contribution is 0.197. The molecule has 0 saturated carbocycles. The van der Waals surface area contributed by atoms with Crippen LogP contribution in [-0.2, 0) is 6.54 Å². The number of aromatic nitrogens is 5. The van der Waals surface area contributed by atoms with E-state index in [2.05, 4.69) is 61.3 Å². The van der Waals surface area contributed by atoms with Gasteiger partial charge in [0.25, 0.3) is 5.78 Å². The standard InChI is InChI=1S/C23H24N6.2C2H6/c1-17-11-22(29-23(27-17)25-16-26-29)21-8-4-10-28(15-21)14-18-5-2-6-19(12-18)20-7-3-9-24-13-20;2*1-2/h2-3,5-7,9,11-13,16,21H,4,8,10,14-15H2,1H3;2*1-2H3. The van der Waals surface area contributed by atoms with Gasteiger partial charge in [0, 0.05) is 37.1 Å². The Hall–Kier alpha value is -3.12. The highest BCUT2D eigenvalue weighted by molar-refractivity contribution is 5.62. The molecule has 0 spiro atoms. The average molecular weight is 445 g/mol. The van der Waals surface area contributed by atoms with Gasteiger partial charge in [-0.15, -0.1) is 0 Å². The monoisotopic (exact) mass is 444 g/mol. The number of hydrogen-bond acceptors (Lipinski definition) is 5. The van der Waals surface area contributed by atoms with Crippen LogP contribution in [0.15, 0.2) is 61.2 Å². The van der Waals surface area contributed by atoms with Gasteiger partial charge in [0.2, 0.25) is 0 Å². The Morgan fingerprint density at radius 2 is 1.82 bits per heavy atom. The molecule has 1 aliphatic rings. The van der Waals surface area contributed by atoms with Crippen LogP contribution in [0.1, 0.15) is 63.4 Å². The number of pyridine rings is 1. The van der Waals surface area contributed by atoms with Gasteiger partial charge < -0.3 is 0 Å². The highest BCUT2D eigenvalue weighted by atomic mass is 15.3. The van der Waals surface area contributed by atoms with Crippen LogP contribution >= 0.6 is 0 Å². The predicted octanol–water partition coefficient (Wildman–Crippen LogP) is 5.93. The SMILES string of the molecule is CC.CC.Cc1cc(C2CCCN(Cc3cccc(-c4cccnc4)c3)C2)n2ncnc2n1. The molecular weight excluding hydrogens is 408 g/mol. The Balaban J connectivity index is 0.000000728. The zero-order chi connectivity index (χ0) is 23.6. The molecular formula is C27H36N6. The highest BCUT2D eigenvalue weighted by Gasteiger charge is 2.24. The van der Waals surface area contributed by atoms with Gasteiger partial charge in [-0.1, -0.05) is 52.0 Å². The topological polar surface area (TPSA) is 59.2 Å². The number of aryl methyl sites for hydroxylation is 1. The molecule has 4 heterocycles. The van der Waals surface area contributed by atoms with Gasteiger partial charge in [-0.25, -0.2) is 9.50 Å². The third kappa shape index (κ3) is 6.02. The molecule has 1 fully saturated rings. The van der Waals surface area contributed by atoms with Gasteiger partial charge in [0.1, 0.15) is 6.33 Å². The first kappa shape index (κ1) is 24.5. The van der Waals surface area contributed by atoms with Gasteiger partial charge in [-0.2, -0.15) is 10.1 Å². The van der Waals surface area contributed by atoms with Crippen LogP contribution in [-0.4, -0.2) is 42.6 Å². The van der Waals surface area contributed by atoms with Crippen molar-refractivity contribution in [1.82, 2.24) is 29.5 Å². The van der Waals surface area contributed by atoms with Gasteiger partial charge in [0.05, 0.1) is 5.69 Å². The molecule has 6 heteroatoms. The van der Waals surface area contributed by atoms with Gasteiger partial charge >= 0.3 is 0 Å². The molecule has 1 aromatic carbocycles. The molecule has 6 nitrogen and oxygen atoms in total. The zero-order valence-corrected chi connectivity index (χ0v) is 20.6. The number of rotatable bonds is 4. The molecule has 0 bridgehead atoms. The summed E-state index contributed by atoms with van der Waals surface area (Å²) in [5, 5.41) is 4.41. The first-order valence-electron chi connectivity index (χ1n) is 12.2. The molecule has 1 unspecified atom stereocenters. The fourth-order valence-electron chi connectivity index (χ4n) is 4.33. The largest absolute Gasteiger partial charge is 0.298 e. The van der Waals surface area contributed by atoms with Crippen LogP contribution in [0, 0.1) is 6.92 Å². The van der Waals surface area contributed by atoms with E-state index in [1.165, 1.54) is 29.7 Å². The van der Waals surface area contributed by atoms with Crippen LogP contribution in [0.25, 0.3) is 16.9 Å². The van der Waals surface area contributed by atoms with Crippen molar-refractivity contribution in [3.05, 3.63) is 78.1 Å². The lowest BCUT2D eigenvalue weighted by Crippen LogP contribution is -2.34. The Morgan fingerprint density at radius 1 is 1.00 bits per heavy atom. The minimum absolute atomic E-state index is 0.441. The molecule has 4 aromatic rings. The number of nitrogens with zero attached hydrogens (tertiary/aromatic N) is 6. The summed E-state index contributed by atoms with van der Waals surface area (Å²) >= 11 is 0. The van der Waals surface area contributed by atoms with Crippen molar-refractivity contribution in [2.45, 2.75) is 59.9 Å². The summed E-state index contributed by atoms with van der Waals surface area (Å²) < 4.78 is 1.91. The Kier molecular flexibility index (Phi) is 9.07. The maximum Gasteiger partial charge on any atom is 0.252 e. The van der Waals surface area contributed by atoms with Crippen molar-refractivity contribution in [3.63, 3.8) is 0 Å². The third-order valence-corrected chi connectivity index (χ3v) is 5.66. The summed E-state index contributed by atoms with van der Waals surface area (Å²) in [5.41, 5.74) is 5.94. The van der Waals surface area contributed by atoms with Crippen molar-refractivity contribution in [3.8, 4) is 11.1 Å². The van der Waals surface area contributed by atoms with Crippen molar-refractivity contribution in [2.75, 3.05) is 13.1 Å². The molecule has 33 heavy (non-hydrogen) atoms. The van der Waals surface area contributed by atoms with E-state index in [4.69, 9.17) is 0 Å². The second-order valence-electron chi connectivity index (χ2n) is 7.81. The third-order valence-electron chi connectivity index (χ3n) is 5.66. The van der Waals surface area contributed by atoms with Crippen molar-refractivity contribution < 1.29 is 0 Å². The summed E-state index contributed by atoms with van der Waals surface area (Å²) in [4.78, 5) is 15.6. The highest BCUT2D eigenvalue weighted by Crippen LogP contribution is 2.28. The van der Waals surface area contributed by atoms with Crippen LogP contribution in [0.3, 0.4) is 0 Å². The summed E-state index contributed by atoms with van der Waals surface area (Å²) in [5.74, 6) is 1.14. The maximum atomic E-state index is 4.49. The number of hydrogen-bond donors (Lipinski definition) is 0. The molecule has 1 saturated heterocycles. The summed E-state index contributed by atoms with van der Waals surface area (Å²) in [6.45, 7) is 13.1. The second-order valence-corrected chi connectivity index (χ2v) is 7.81. The van der Waals surface area contributed by atoms with E-state index >= 15 is 0 Å². The van der Waals surface area contributed by atoms with E-state index in [1.807, 2.05) is 57.6 Å². The van der Waals surface area contributed by atoms with Crippen molar-refractivity contribution in [1.29, 1.82) is 0 Å². The smallest absolute Gasteiger partial charge is 0.252 e. The predicted molar refractivity (Wildman–Crippen MR) is 135 cm³/mol. The lowest BCUT2D eigenvalue weighted by atomic mass is 9.93. The summed E-state index contributed by atoms with van der Waals surface area (Å²) in [6.07, 6.45) is 7.68. The fraction of sp³-hybridized carbons (Fsp3) is 0.407. The van der Waals surface area contributed by atoms with Crippen LogP contribution < -0.4 is 0 Å². The number of fused-ring (bicyclic) bond motifs is 1. The van der Waals surface area contributed by atoms with E-state index in [0.717, 1.165) is 30.9 Å². The minimum Gasteiger partial charge on any atom is -0.298 e. The molecule has 0 amide bonds. The van der Waals surface area contributed by atoms with Crippen LogP contribution in [0.5, 0.6) is 0 Å². The quantitative estimate of drug-likeness (QED) is 0.391. The molecule has 1 aliphatic heterocycles. The number of likely N-dealkylation sites (tertiary alicyclic amines) is 1. The molecule has 3 aromatic heterocycles. The van der Waals surface area contributed by atoms with Crippen LogP contribution in [0.2, 0.25) is 0 Å². The second kappa shape index (κ2) is 12.2. The first-order valence-corrected chi connectivity index (χ1v) is 12.2. The van der Waals surface area contributed by atoms with Crippen molar-refractivity contribution in [2.24, 2.45) is 0 Å². The summed E-state index contributed by atoms with van der Waals surface area (Å²) in [7, 11) is 0. The van der Waals surface area contributed by atoms with E-state index < -0.39 is 0 Å². The van der Waals surface area contributed by atoms with E-state index in [9.17, 15) is 0 Å². The maximum absolute atomic E-state index is 4.49. The average Bonchev–Trinajstić information content (AvgIpc) is 3.35. The van der Waals surface area contributed by atoms with Gasteiger partial charge in [-0.05, 0) is 61.2 Å². The molecule has 1 atom stereocenters. The molecule has 174 valence electrons. The number of piperidine rings is 1. The lowest BCUT2D eigenvalue weighted by Gasteiger charge is -2.33. The normalized spacial score (nSPS) is 15.8. The van der Waals surface area contributed by atoms with Gasteiger partial charge in [0.15, 0.2) is 0 Å². The fourth-order valence-corrected chi connectivity index (χ4v) is 4.33. The van der Waals surface area contributed by atoms with E-state index in [-0.39, 0.29) is 0 Å². The Morgan fingerprint density at radius 3 is 2.61 bits per heavy atom. The summed E-state index contributed by atoms with van der Waals surface area (Å²) in [6, 6.07) is 15.1. The Labute approximate surface area is 197 Å². The number of benzene rings is 1. The molecule has 0 N–H and O–H groups in total. The van der Waals surface area contributed by atoms with Crippen LogP contribution in [0.4, 0.5) is 0 Å². The van der Waals surface area contributed by atoms with Gasteiger partial charge in [-0.3, -0.25) is 9.88 Å². The van der Waals surface area contributed by atoms with E-state index in [1.54, 1.807) is 6.33 Å². The molecule has 0 aliphatic carbocycles. The first-order chi connectivity index (χ1) is 16.3.